The van der Waals surface area contributed by atoms with E-state index >= 15 is 0 Å². The van der Waals surface area contributed by atoms with E-state index in [0.717, 1.165) is 19.9 Å². The average Bonchev–Trinajstić information content (AvgIpc) is 2.53. The average molecular weight is 422 g/mol. The summed E-state index contributed by atoms with van der Waals surface area (Å²) < 4.78 is 148. The molecule has 0 bridgehead atoms. The lowest BCUT2D eigenvalue weighted by molar-refractivity contribution is -0.348. The molecule has 0 saturated heterocycles. The van der Waals surface area contributed by atoms with E-state index in [1.165, 1.54) is 0 Å². The number of aryl methyl sites for hydroxylation is 2. The maximum atomic E-state index is 14.6. The molecule has 0 aliphatic heterocycles. The first-order chi connectivity index (χ1) is 12.5. The molecule has 0 radical (unpaired) electrons. The number of hydrogen-bond acceptors (Lipinski definition) is 0. The standard InChI is InChI=1S/C17H9F11/c1-6-3-7(2)11(8-5-10(18)13(20)14(21)12(8)19)9(4-6)15(22,16(23,24)25)17(26,27)28/h3-5H,1-2H3. The van der Waals surface area contributed by atoms with Crippen LogP contribution < -0.4 is 0 Å². The lowest BCUT2D eigenvalue weighted by atomic mass is 9.83. The Balaban J connectivity index is 3.06. The predicted molar refractivity (Wildman–Crippen MR) is 76.1 cm³/mol. The molecule has 2 rings (SSSR count). The first-order valence-electron chi connectivity index (χ1n) is 7.31. The summed E-state index contributed by atoms with van der Waals surface area (Å²) in [4.78, 5) is 0. The fourth-order valence-corrected chi connectivity index (χ4v) is 2.82. The van der Waals surface area contributed by atoms with Crippen LogP contribution in [0.15, 0.2) is 18.2 Å². The van der Waals surface area contributed by atoms with Crippen LogP contribution >= 0.6 is 0 Å². The third-order valence-corrected chi connectivity index (χ3v) is 4.00. The summed E-state index contributed by atoms with van der Waals surface area (Å²) in [6, 6.07) is 0.953. The summed E-state index contributed by atoms with van der Waals surface area (Å²) in [5, 5.41) is 0. The maximum absolute atomic E-state index is 14.6. The third kappa shape index (κ3) is 3.20. The van der Waals surface area contributed by atoms with Gasteiger partial charge in [-0.15, -0.1) is 0 Å². The molecule has 0 amide bonds. The molecular formula is C17H9F11. The van der Waals surface area contributed by atoms with Crippen molar-refractivity contribution in [2.45, 2.75) is 31.9 Å². The van der Waals surface area contributed by atoms with E-state index in [4.69, 9.17) is 0 Å². The van der Waals surface area contributed by atoms with Crippen molar-refractivity contribution < 1.29 is 48.3 Å². The van der Waals surface area contributed by atoms with Crippen LogP contribution in [0, 0.1) is 37.1 Å². The van der Waals surface area contributed by atoms with Crippen LogP contribution in [0.5, 0.6) is 0 Å². The minimum atomic E-state index is -6.55. The van der Waals surface area contributed by atoms with Crippen LogP contribution in [0.25, 0.3) is 11.1 Å². The molecule has 28 heavy (non-hydrogen) atoms. The van der Waals surface area contributed by atoms with Crippen molar-refractivity contribution in [3.63, 3.8) is 0 Å². The number of rotatable bonds is 2. The van der Waals surface area contributed by atoms with Gasteiger partial charge in [-0.2, -0.15) is 26.3 Å². The summed E-state index contributed by atoms with van der Waals surface area (Å²) >= 11 is 0. The SMILES string of the molecule is Cc1cc(C)c(-c2cc(F)c(F)c(F)c2F)c(C(F)(C(F)(F)F)C(F)(F)F)c1. The van der Waals surface area contributed by atoms with Gasteiger partial charge in [0.1, 0.15) is 0 Å². The van der Waals surface area contributed by atoms with Crippen LogP contribution in [0.3, 0.4) is 0 Å². The Morgan fingerprint density at radius 3 is 1.61 bits per heavy atom. The van der Waals surface area contributed by atoms with Gasteiger partial charge < -0.3 is 0 Å². The Morgan fingerprint density at radius 1 is 0.643 bits per heavy atom. The lowest BCUT2D eigenvalue weighted by Crippen LogP contribution is -2.50. The fraction of sp³-hybridized carbons (Fsp3) is 0.294. The van der Waals surface area contributed by atoms with Gasteiger partial charge in [0, 0.05) is 11.1 Å². The highest BCUT2D eigenvalue weighted by atomic mass is 19.4. The van der Waals surface area contributed by atoms with Crippen molar-refractivity contribution in [2.24, 2.45) is 0 Å². The Bertz CT molecular complexity index is 908. The molecule has 0 aliphatic carbocycles. The quantitative estimate of drug-likeness (QED) is 0.283. The molecule has 0 aliphatic rings. The number of benzene rings is 2. The van der Waals surface area contributed by atoms with Crippen molar-refractivity contribution in [1.29, 1.82) is 0 Å². The van der Waals surface area contributed by atoms with E-state index < -0.39 is 63.5 Å². The summed E-state index contributed by atoms with van der Waals surface area (Å²) in [5.41, 5.74) is -11.8. The Morgan fingerprint density at radius 2 is 1.14 bits per heavy atom. The van der Waals surface area contributed by atoms with E-state index in [1.54, 1.807) is 0 Å². The molecule has 0 atom stereocenters. The first kappa shape index (κ1) is 22.0. The molecule has 0 saturated carbocycles. The molecule has 0 nitrogen and oxygen atoms in total. The molecule has 2 aromatic carbocycles. The zero-order valence-corrected chi connectivity index (χ0v) is 13.9. The van der Waals surface area contributed by atoms with Gasteiger partial charge in [-0.25, -0.2) is 22.0 Å². The molecule has 0 spiro atoms. The molecule has 0 aromatic heterocycles. The number of alkyl halides is 7. The zero-order chi connectivity index (χ0) is 21.8. The number of hydrogen-bond donors (Lipinski definition) is 0. The largest absolute Gasteiger partial charge is 0.435 e. The van der Waals surface area contributed by atoms with Crippen LogP contribution in [0.1, 0.15) is 16.7 Å². The van der Waals surface area contributed by atoms with Crippen molar-refractivity contribution in [3.8, 4) is 11.1 Å². The Hall–Kier alpha value is -2.33. The highest BCUT2D eigenvalue weighted by molar-refractivity contribution is 5.74. The van der Waals surface area contributed by atoms with Crippen LogP contribution in [-0.4, -0.2) is 12.4 Å². The highest BCUT2D eigenvalue weighted by Gasteiger charge is 2.74. The second-order valence-electron chi connectivity index (χ2n) is 6.01. The van der Waals surface area contributed by atoms with Crippen LogP contribution in [0.2, 0.25) is 0 Å². The second kappa shape index (κ2) is 6.63. The summed E-state index contributed by atoms with van der Waals surface area (Å²) in [6.45, 7) is 1.92. The molecule has 0 N–H and O–H groups in total. The molecule has 0 fully saturated rings. The van der Waals surface area contributed by atoms with E-state index in [-0.39, 0.29) is 17.7 Å². The van der Waals surface area contributed by atoms with Gasteiger partial charge in [-0.3, -0.25) is 0 Å². The van der Waals surface area contributed by atoms with Gasteiger partial charge in [0.2, 0.25) is 0 Å². The van der Waals surface area contributed by atoms with Gasteiger partial charge in [0.15, 0.2) is 23.3 Å². The normalized spacial score (nSPS) is 13.2. The van der Waals surface area contributed by atoms with Crippen molar-refractivity contribution >= 4 is 0 Å². The lowest BCUT2D eigenvalue weighted by Gasteiger charge is -2.33. The fourth-order valence-electron chi connectivity index (χ4n) is 2.82. The zero-order valence-electron chi connectivity index (χ0n) is 13.9. The van der Waals surface area contributed by atoms with Crippen molar-refractivity contribution in [3.05, 3.63) is 58.2 Å². The molecule has 0 heterocycles. The number of halogens is 11. The topological polar surface area (TPSA) is 0 Å². The highest BCUT2D eigenvalue weighted by Crippen LogP contribution is 2.56. The van der Waals surface area contributed by atoms with Crippen molar-refractivity contribution in [2.75, 3.05) is 0 Å². The minimum Gasteiger partial charge on any atom is -0.218 e. The summed E-state index contributed by atoms with van der Waals surface area (Å²) in [6.07, 6.45) is -13.1. The maximum Gasteiger partial charge on any atom is 0.435 e. The van der Waals surface area contributed by atoms with E-state index in [2.05, 4.69) is 0 Å². The molecule has 11 heteroatoms. The molecule has 154 valence electrons. The van der Waals surface area contributed by atoms with Crippen molar-refractivity contribution in [1.82, 2.24) is 0 Å². The van der Waals surface area contributed by atoms with E-state index in [9.17, 15) is 48.3 Å². The van der Waals surface area contributed by atoms with Gasteiger partial charge >= 0.3 is 18.0 Å². The summed E-state index contributed by atoms with van der Waals surface area (Å²) in [5.74, 6) is -9.14. The Labute approximate surface area is 150 Å². The minimum absolute atomic E-state index is 0.137. The monoisotopic (exact) mass is 422 g/mol. The van der Waals surface area contributed by atoms with E-state index in [0.29, 0.717) is 0 Å². The van der Waals surface area contributed by atoms with Crippen LogP contribution in [0.4, 0.5) is 48.3 Å². The van der Waals surface area contributed by atoms with Gasteiger partial charge in [0.25, 0.3) is 0 Å². The molecule has 0 unspecified atom stereocenters. The third-order valence-electron chi connectivity index (χ3n) is 4.00. The summed E-state index contributed by atoms with van der Waals surface area (Å²) in [7, 11) is 0. The second-order valence-corrected chi connectivity index (χ2v) is 6.01. The van der Waals surface area contributed by atoms with Gasteiger partial charge in [-0.1, -0.05) is 17.7 Å². The molecular weight excluding hydrogens is 413 g/mol. The Kier molecular flexibility index (Phi) is 5.20. The van der Waals surface area contributed by atoms with Gasteiger partial charge in [0.05, 0.1) is 0 Å². The first-order valence-corrected chi connectivity index (χ1v) is 7.31. The predicted octanol–water partition coefficient (Wildman–Crippen LogP) is 6.82. The smallest absolute Gasteiger partial charge is 0.218 e. The van der Waals surface area contributed by atoms with Gasteiger partial charge in [-0.05, 0) is 31.0 Å². The van der Waals surface area contributed by atoms with Crippen LogP contribution in [-0.2, 0) is 5.67 Å². The molecule has 2 aromatic rings. The van der Waals surface area contributed by atoms with E-state index in [1.807, 2.05) is 0 Å².